The number of ether oxygens (including phenoxy) is 1. The van der Waals surface area contributed by atoms with Crippen molar-refractivity contribution in [2.24, 2.45) is 0 Å². The van der Waals surface area contributed by atoms with Gasteiger partial charge in [-0.05, 0) is 44.0 Å². The van der Waals surface area contributed by atoms with Gasteiger partial charge in [-0.25, -0.2) is 4.98 Å². The third-order valence-corrected chi connectivity index (χ3v) is 4.78. The van der Waals surface area contributed by atoms with Crippen molar-refractivity contribution in [3.63, 3.8) is 0 Å². The standard InChI is InChI=1S/C21H22N4O3/c1-2-28-17-11-4-3-9-15(17)22-20(26)19-23-18(16-10-5-6-14-25(16)19)21(27)24-12-7-8-13-24/h3-6,9-11,14H,2,7-8,12-13H2,1H3,(H,22,26). The summed E-state index contributed by atoms with van der Waals surface area (Å²) in [4.78, 5) is 32.1. The van der Waals surface area contributed by atoms with Gasteiger partial charge in [-0.2, -0.15) is 0 Å². The van der Waals surface area contributed by atoms with E-state index in [9.17, 15) is 9.59 Å². The zero-order valence-corrected chi connectivity index (χ0v) is 15.7. The zero-order chi connectivity index (χ0) is 19.5. The van der Waals surface area contributed by atoms with Gasteiger partial charge in [-0.1, -0.05) is 18.2 Å². The smallest absolute Gasteiger partial charge is 0.292 e. The van der Waals surface area contributed by atoms with Crippen LogP contribution in [0.4, 0.5) is 5.69 Å². The number of hydrogen-bond acceptors (Lipinski definition) is 4. The average Bonchev–Trinajstić information content (AvgIpc) is 3.37. The van der Waals surface area contributed by atoms with Gasteiger partial charge in [0, 0.05) is 19.3 Å². The summed E-state index contributed by atoms with van der Waals surface area (Å²) in [5.74, 6) is 0.237. The first-order valence-corrected chi connectivity index (χ1v) is 9.48. The van der Waals surface area contributed by atoms with Crippen LogP contribution in [0, 0.1) is 0 Å². The number of nitrogens with one attached hydrogen (secondary N) is 1. The van der Waals surface area contributed by atoms with Crippen molar-refractivity contribution in [1.29, 1.82) is 0 Å². The normalized spacial score (nSPS) is 13.7. The lowest BCUT2D eigenvalue weighted by Crippen LogP contribution is -2.28. The molecule has 1 aliphatic rings. The van der Waals surface area contributed by atoms with E-state index in [-0.39, 0.29) is 11.7 Å². The van der Waals surface area contributed by atoms with Gasteiger partial charge in [0.05, 0.1) is 17.8 Å². The summed E-state index contributed by atoms with van der Waals surface area (Å²) in [6.07, 6.45) is 3.74. The molecule has 0 saturated carbocycles. The highest BCUT2D eigenvalue weighted by molar-refractivity contribution is 6.06. The molecule has 3 heterocycles. The van der Waals surface area contributed by atoms with Crippen LogP contribution in [0.5, 0.6) is 5.75 Å². The van der Waals surface area contributed by atoms with Crippen LogP contribution in [-0.2, 0) is 0 Å². The fourth-order valence-corrected chi connectivity index (χ4v) is 3.45. The van der Waals surface area contributed by atoms with Crippen molar-refractivity contribution in [2.75, 3.05) is 25.0 Å². The van der Waals surface area contributed by atoms with Gasteiger partial charge in [0.2, 0.25) is 5.82 Å². The molecular formula is C21H22N4O3. The molecule has 1 aromatic carbocycles. The molecular weight excluding hydrogens is 356 g/mol. The van der Waals surface area contributed by atoms with Crippen LogP contribution in [0.3, 0.4) is 0 Å². The topological polar surface area (TPSA) is 75.9 Å². The van der Waals surface area contributed by atoms with Crippen molar-refractivity contribution in [1.82, 2.24) is 14.3 Å². The van der Waals surface area contributed by atoms with Gasteiger partial charge in [-0.3, -0.25) is 14.0 Å². The summed E-state index contributed by atoms with van der Waals surface area (Å²) in [6, 6.07) is 12.7. The van der Waals surface area contributed by atoms with Crippen LogP contribution in [-0.4, -0.2) is 45.8 Å². The predicted molar refractivity (Wildman–Crippen MR) is 106 cm³/mol. The molecule has 1 fully saturated rings. The number of likely N-dealkylation sites (tertiary alicyclic amines) is 1. The molecule has 0 radical (unpaired) electrons. The number of anilines is 1. The minimum atomic E-state index is -0.395. The number of carbonyl (C=O) groups excluding carboxylic acids is 2. The van der Waals surface area contributed by atoms with E-state index in [1.807, 2.05) is 31.2 Å². The fraction of sp³-hybridized carbons (Fsp3) is 0.286. The number of nitrogens with zero attached hydrogens (tertiary/aromatic N) is 3. The molecule has 1 saturated heterocycles. The first-order chi connectivity index (χ1) is 13.7. The number of amides is 2. The van der Waals surface area contributed by atoms with Gasteiger partial charge in [-0.15, -0.1) is 0 Å². The average molecular weight is 378 g/mol. The summed E-state index contributed by atoms with van der Waals surface area (Å²) in [7, 11) is 0. The molecule has 7 heteroatoms. The van der Waals surface area contributed by atoms with Crippen molar-refractivity contribution in [2.45, 2.75) is 19.8 Å². The summed E-state index contributed by atoms with van der Waals surface area (Å²) in [5.41, 5.74) is 1.50. The van der Waals surface area contributed by atoms with Crippen molar-refractivity contribution in [3.8, 4) is 5.75 Å². The van der Waals surface area contributed by atoms with Gasteiger partial charge in [0.1, 0.15) is 5.75 Å². The number of fused-ring (bicyclic) bond motifs is 1. The minimum Gasteiger partial charge on any atom is -0.492 e. The Kier molecular flexibility index (Phi) is 4.97. The number of hydrogen-bond donors (Lipinski definition) is 1. The van der Waals surface area contributed by atoms with Crippen LogP contribution in [0.2, 0.25) is 0 Å². The molecule has 1 aliphatic heterocycles. The SMILES string of the molecule is CCOc1ccccc1NC(=O)c1nc(C(=O)N2CCCC2)c2ccccn12. The Bertz CT molecular complexity index is 1020. The van der Waals surface area contributed by atoms with E-state index < -0.39 is 5.91 Å². The van der Waals surface area contributed by atoms with Crippen LogP contribution in [0.25, 0.3) is 5.52 Å². The Labute approximate surface area is 162 Å². The van der Waals surface area contributed by atoms with E-state index in [1.54, 1.807) is 33.7 Å². The number of para-hydroxylation sites is 2. The Morgan fingerprint density at radius 2 is 1.86 bits per heavy atom. The quantitative estimate of drug-likeness (QED) is 0.740. The lowest BCUT2D eigenvalue weighted by atomic mass is 10.3. The largest absolute Gasteiger partial charge is 0.492 e. The Morgan fingerprint density at radius 1 is 1.11 bits per heavy atom. The molecule has 7 nitrogen and oxygen atoms in total. The highest BCUT2D eigenvalue weighted by Gasteiger charge is 2.27. The first-order valence-electron chi connectivity index (χ1n) is 9.48. The van der Waals surface area contributed by atoms with E-state index in [4.69, 9.17) is 4.74 Å². The van der Waals surface area contributed by atoms with Crippen LogP contribution < -0.4 is 10.1 Å². The summed E-state index contributed by atoms with van der Waals surface area (Å²) < 4.78 is 7.22. The molecule has 3 aromatic rings. The Morgan fingerprint density at radius 3 is 2.64 bits per heavy atom. The molecule has 0 atom stereocenters. The molecule has 0 aliphatic carbocycles. The van der Waals surface area contributed by atoms with E-state index in [1.165, 1.54) is 0 Å². The molecule has 1 N–H and O–H groups in total. The van der Waals surface area contributed by atoms with Crippen LogP contribution in [0.1, 0.15) is 40.9 Å². The maximum Gasteiger partial charge on any atom is 0.292 e. The number of imidazole rings is 1. The lowest BCUT2D eigenvalue weighted by molar-refractivity contribution is 0.0789. The number of aromatic nitrogens is 2. The van der Waals surface area contributed by atoms with E-state index >= 15 is 0 Å². The first kappa shape index (κ1) is 18.0. The summed E-state index contributed by atoms with van der Waals surface area (Å²) in [6.45, 7) is 3.84. The number of benzene rings is 1. The van der Waals surface area contributed by atoms with E-state index in [0.717, 1.165) is 25.9 Å². The maximum absolute atomic E-state index is 13.0. The second-order valence-electron chi connectivity index (χ2n) is 6.62. The lowest BCUT2D eigenvalue weighted by Gasteiger charge is -2.13. The van der Waals surface area contributed by atoms with Gasteiger partial charge >= 0.3 is 0 Å². The second kappa shape index (κ2) is 7.72. The van der Waals surface area contributed by atoms with E-state index in [2.05, 4.69) is 10.3 Å². The van der Waals surface area contributed by atoms with Crippen LogP contribution >= 0.6 is 0 Å². The van der Waals surface area contributed by atoms with Gasteiger partial charge in [0.15, 0.2) is 5.69 Å². The highest BCUT2D eigenvalue weighted by Crippen LogP contribution is 2.25. The third kappa shape index (κ3) is 3.31. The van der Waals surface area contributed by atoms with Crippen molar-refractivity contribution >= 4 is 23.0 Å². The van der Waals surface area contributed by atoms with Crippen molar-refractivity contribution in [3.05, 3.63) is 60.2 Å². The van der Waals surface area contributed by atoms with Crippen LogP contribution in [0.15, 0.2) is 48.7 Å². The predicted octanol–water partition coefficient (Wildman–Crippen LogP) is 3.22. The molecule has 0 spiro atoms. The molecule has 28 heavy (non-hydrogen) atoms. The zero-order valence-electron chi connectivity index (χ0n) is 15.7. The molecule has 144 valence electrons. The monoisotopic (exact) mass is 378 g/mol. The summed E-state index contributed by atoms with van der Waals surface area (Å²) >= 11 is 0. The number of pyridine rings is 1. The Hall–Kier alpha value is -3.35. The highest BCUT2D eigenvalue weighted by atomic mass is 16.5. The number of carbonyl (C=O) groups is 2. The second-order valence-corrected chi connectivity index (χ2v) is 6.62. The third-order valence-electron chi connectivity index (χ3n) is 4.78. The molecule has 0 unspecified atom stereocenters. The minimum absolute atomic E-state index is 0.130. The molecule has 0 bridgehead atoms. The van der Waals surface area contributed by atoms with E-state index in [0.29, 0.717) is 29.3 Å². The maximum atomic E-state index is 13.0. The van der Waals surface area contributed by atoms with Gasteiger partial charge in [0.25, 0.3) is 11.8 Å². The summed E-state index contributed by atoms with van der Waals surface area (Å²) in [5, 5.41) is 2.85. The van der Waals surface area contributed by atoms with Gasteiger partial charge < -0.3 is 15.0 Å². The number of rotatable bonds is 5. The molecule has 4 rings (SSSR count). The van der Waals surface area contributed by atoms with Crippen molar-refractivity contribution < 1.29 is 14.3 Å². The Balaban J connectivity index is 1.69. The molecule has 2 amide bonds. The molecule has 2 aromatic heterocycles. The fourth-order valence-electron chi connectivity index (χ4n) is 3.45.